The highest BCUT2D eigenvalue weighted by atomic mass is 19.4. The van der Waals surface area contributed by atoms with Crippen molar-refractivity contribution in [2.75, 3.05) is 12.4 Å². The van der Waals surface area contributed by atoms with Crippen LogP contribution in [0, 0.1) is 0 Å². The second-order valence-corrected chi connectivity index (χ2v) is 6.55. The summed E-state index contributed by atoms with van der Waals surface area (Å²) in [7, 11) is 1.22. The van der Waals surface area contributed by atoms with Gasteiger partial charge < -0.3 is 15.2 Å². The third-order valence-electron chi connectivity index (χ3n) is 4.45. The standard InChI is InChI=1S/C21H18F3N3O4/c1-31-17-12-14(21(22,23)24)5-8-16(17)27-11-10-25-19(20(27)30)26-15-6-2-13(3-7-15)4-9-18(28)29/h2-3,5-8,10-12H,4,9H2,1H3,(H,25,26)(H,28,29). The van der Waals surface area contributed by atoms with Crippen molar-refractivity contribution in [3.8, 4) is 11.4 Å². The Kier molecular flexibility index (Phi) is 6.28. The number of halogens is 3. The van der Waals surface area contributed by atoms with Crippen LogP contribution in [0.15, 0.2) is 59.7 Å². The summed E-state index contributed by atoms with van der Waals surface area (Å²) in [5.41, 5.74) is 0.0173. The molecule has 0 aliphatic heterocycles. The number of hydrogen-bond donors (Lipinski definition) is 2. The maximum atomic E-state index is 13.0. The lowest BCUT2D eigenvalue weighted by atomic mass is 10.1. The molecule has 0 radical (unpaired) electrons. The van der Waals surface area contributed by atoms with Gasteiger partial charge in [-0.3, -0.25) is 14.2 Å². The Hall–Kier alpha value is -3.82. The summed E-state index contributed by atoms with van der Waals surface area (Å²) < 4.78 is 45.1. The Balaban J connectivity index is 1.89. The van der Waals surface area contributed by atoms with Crippen molar-refractivity contribution in [2.24, 2.45) is 0 Å². The third kappa shape index (κ3) is 5.21. The maximum absolute atomic E-state index is 13.0. The molecule has 0 aliphatic carbocycles. The molecule has 3 aromatic rings. The van der Waals surface area contributed by atoms with Gasteiger partial charge >= 0.3 is 12.1 Å². The number of nitrogens with zero attached hydrogens (tertiary/aromatic N) is 2. The fourth-order valence-corrected chi connectivity index (χ4v) is 2.88. The first-order valence-electron chi connectivity index (χ1n) is 9.10. The molecule has 7 nitrogen and oxygen atoms in total. The van der Waals surface area contributed by atoms with Crippen molar-refractivity contribution >= 4 is 17.5 Å². The summed E-state index contributed by atoms with van der Waals surface area (Å²) in [5.74, 6) is -1.05. The number of aromatic nitrogens is 2. The number of carboxylic acid groups (broad SMARTS) is 1. The maximum Gasteiger partial charge on any atom is 0.416 e. The van der Waals surface area contributed by atoms with E-state index >= 15 is 0 Å². The Bertz CT molecular complexity index is 1140. The van der Waals surface area contributed by atoms with Crippen LogP contribution in [0.1, 0.15) is 17.5 Å². The van der Waals surface area contributed by atoms with Gasteiger partial charge in [-0.05, 0) is 42.3 Å². The van der Waals surface area contributed by atoms with E-state index in [2.05, 4.69) is 10.3 Å². The predicted molar refractivity (Wildman–Crippen MR) is 107 cm³/mol. The van der Waals surface area contributed by atoms with Gasteiger partial charge in [-0.15, -0.1) is 0 Å². The number of carboxylic acids is 1. The normalized spacial score (nSPS) is 11.2. The molecule has 0 bridgehead atoms. The van der Waals surface area contributed by atoms with Crippen LogP contribution in [-0.4, -0.2) is 27.7 Å². The smallest absolute Gasteiger partial charge is 0.416 e. The van der Waals surface area contributed by atoms with Crippen molar-refractivity contribution in [3.05, 3.63) is 76.3 Å². The first-order chi connectivity index (χ1) is 14.7. The highest BCUT2D eigenvalue weighted by Crippen LogP contribution is 2.34. The van der Waals surface area contributed by atoms with E-state index < -0.39 is 23.3 Å². The highest BCUT2D eigenvalue weighted by molar-refractivity contribution is 5.67. The molecule has 2 aromatic carbocycles. The second kappa shape index (κ2) is 8.90. The van der Waals surface area contributed by atoms with E-state index in [9.17, 15) is 22.8 Å². The first kappa shape index (κ1) is 21.9. The second-order valence-electron chi connectivity index (χ2n) is 6.55. The topological polar surface area (TPSA) is 93.4 Å². The number of rotatable bonds is 7. The van der Waals surface area contributed by atoms with Crippen LogP contribution in [0.25, 0.3) is 5.69 Å². The molecule has 0 aliphatic rings. The minimum atomic E-state index is -4.54. The predicted octanol–water partition coefficient (Wildman–Crippen LogP) is 4.02. The van der Waals surface area contributed by atoms with Gasteiger partial charge in [0.05, 0.1) is 18.4 Å². The molecule has 0 saturated carbocycles. The zero-order valence-electron chi connectivity index (χ0n) is 16.3. The molecule has 0 amide bonds. The number of aliphatic carboxylic acids is 1. The number of anilines is 2. The molecule has 31 heavy (non-hydrogen) atoms. The molecule has 162 valence electrons. The lowest BCUT2D eigenvalue weighted by Crippen LogP contribution is -2.22. The number of methoxy groups -OCH3 is 1. The fourth-order valence-electron chi connectivity index (χ4n) is 2.88. The molecule has 0 saturated heterocycles. The molecule has 3 rings (SSSR count). The number of nitrogens with one attached hydrogen (secondary N) is 1. The van der Waals surface area contributed by atoms with Crippen LogP contribution in [0.5, 0.6) is 5.75 Å². The average molecular weight is 433 g/mol. The Labute approximate surface area is 174 Å². The molecule has 0 spiro atoms. The van der Waals surface area contributed by atoms with E-state index in [0.717, 1.165) is 28.3 Å². The van der Waals surface area contributed by atoms with Crippen LogP contribution in [0.4, 0.5) is 24.7 Å². The van der Waals surface area contributed by atoms with Crippen molar-refractivity contribution in [1.29, 1.82) is 0 Å². The molecule has 1 heterocycles. The number of carbonyl (C=O) groups is 1. The third-order valence-corrected chi connectivity index (χ3v) is 4.45. The number of alkyl halides is 3. The van der Waals surface area contributed by atoms with Crippen LogP contribution < -0.4 is 15.6 Å². The number of benzene rings is 2. The Morgan fingerprint density at radius 1 is 1.19 bits per heavy atom. The van der Waals surface area contributed by atoms with Gasteiger partial charge in [0, 0.05) is 24.5 Å². The van der Waals surface area contributed by atoms with Gasteiger partial charge in [-0.1, -0.05) is 12.1 Å². The monoisotopic (exact) mass is 433 g/mol. The first-order valence-corrected chi connectivity index (χ1v) is 9.10. The lowest BCUT2D eigenvalue weighted by Gasteiger charge is -2.15. The van der Waals surface area contributed by atoms with Crippen LogP contribution >= 0.6 is 0 Å². The summed E-state index contributed by atoms with van der Waals surface area (Å²) >= 11 is 0. The van der Waals surface area contributed by atoms with Gasteiger partial charge in [0.15, 0.2) is 5.82 Å². The molecule has 0 fully saturated rings. The minimum absolute atomic E-state index is 0.00663. The van der Waals surface area contributed by atoms with Crippen LogP contribution in [-0.2, 0) is 17.4 Å². The summed E-state index contributed by atoms with van der Waals surface area (Å²) in [4.78, 5) is 27.5. The van der Waals surface area contributed by atoms with Crippen molar-refractivity contribution in [1.82, 2.24) is 9.55 Å². The Morgan fingerprint density at radius 2 is 1.90 bits per heavy atom. The summed E-state index contributed by atoms with van der Waals surface area (Å²) in [6.07, 6.45) is -1.50. The van der Waals surface area contributed by atoms with Gasteiger partial charge in [0.2, 0.25) is 0 Å². The number of ether oxygens (including phenoxy) is 1. The molecular weight excluding hydrogens is 415 g/mol. The zero-order chi connectivity index (χ0) is 22.6. The van der Waals surface area contributed by atoms with Gasteiger partial charge in [0.1, 0.15) is 5.75 Å². The van der Waals surface area contributed by atoms with E-state index in [1.165, 1.54) is 19.5 Å². The van der Waals surface area contributed by atoms with E-state index in [1.807, 2.05) is 0 Å². The largest absolute Gasteiger partial charge is 0.495 e. The number of aryl methyl sites for hydroxylation is 1. The lowest BCUT2D eigenvalue weighted by molar-refractivity contribution is -0.138. The van der Waals surface area contributed by atoms with Crippen LogP contribution in [0.3, 0.4) is 0 Å². The highest BCUT2D eigenvalue weighted by Gasteiger charge is 2.31. The molecule has 10 heteroatoms. The molecule has 1 aromatic heterocycles. The summed E-state index contributed by atoms with van der Waals surface area (Å²) in [6, 6.07) is 9.66. The van der Waals surface area contributed by atoms with Gasteiger partial charge in [0.25, 0.3) is 5.56 Å². The Morgan fingerprint density at radius 3 is 2.52 bits per heavy atom. The molecular formula is C21H18F3N3O4. The summed E-state index contributed by atoms with van der Waals surface area (Å²) in [5, 5.41) is 11.6. The van der Waals surface area contributed by atoms with Crippen molar-refractivity contribution in [2.45, 2.75) is 19.0 Å². The van der Waals surface area contributed by atoms with E-state index in [0.29, 0.717) is 12.1 Å². The fraction of sp³-hybridized carbons (Fsp3) is 0.190. The molecule has 2 N–H and O–H groups in total. The van der Waals surface area contributed by atoms with E-state index in [1.54, 1.807) is 24.3 Å². The zero-order valence-corrected chi connectivity index (χ0v) is 16.3. The van der Waals surface area contributed by atoms with E-state index in [-0.39, 0.29) is 23.7 Å². The SMILES string of the molecule is COc1cc(C(F)(F)F)ccc1-n1ccnc(Nc2ccc(CCC(=O)O)cc2)c1=O. The summed E-state index contributed by atoms with van der Waals surface area (Å²) in [6.45, 7) is 0. The van der Waals surface area contributed by atoms with Gasteiger partial charge in [-0.25, -0.2) is 4.98 Å². The quantitative estimate of drug-likeness (QED) is 0.585. The van der Waals surface area contributed by atoms with Crippen molar-refractivity contribution < 1.29 is 27.8 Å². The molecule has 0 unspecified atom stereocenters. The van der Waals surface area contributed by atoms with Crippen LogP contribution in [0.2, 0.25) is 0 Å². The molecule has 0 atom stereocenters. The minimum Gasteiger partial charge on any atom is -0.495 e. The number of hydrogen-bond acceptors (Lipinski definition) is 5. The van der Waals surface area contributed by atoms with E-state index in [4.69, 9.17) is 9.84 Å². The van der Waals surface area contributed by atoms with Gasteiger partial charge in [-0.2, -0.15) is 13.2 Å². The van der Waals surface area contributed by atoms with Crippen molar-refractivity contribution in [3.63, 3.8) is 0 Å². The average Bonchev–Trinajstić information content (AvgIpc) is 2.73.